The molecular formula is C26H23N7O4. The molecule has 1 N–H and O–H groups in total. The molecule has 0 saturated carbocycles. The summed E-state index contributed by atoms with van der Waals surface area (Å²) in [6.45, 7) is 0.273. The molecule has 0 fully saturated rings. The number of carbonyl (C=O) groups excluding carboxylic acids is 1. The standard InChI is InChI=1S/C26H23N7O4/c1-36-20-9-7-18(8-10-20)21-15-25(35)32(17-28-21)16-23(34)27-13-14-37-24-12-11-22-29-30-26(33(22)31-24)19-5-3-2-4-6-19/h2-12,15,17H,13-14,16H2,1H3,(H,27,34). The van der Waals surface area contributed by atoms with Crippen LogP contribution in [0.4, 0.5) is 0 Å². The Morgan fingerprint density at radius 2 is 1.78 bits per heavy atom. The normalized spacial score (nSPS) is 10.8. The summed E-state index contributed by atoms with van der Waals surface area (Å²) in [5.41, 5.74) is 2.45. The van der Waals surface area contributed by atoms with E-state index < -0.39 is 0 Å². The number of fused-ring (bicyclic) bond motifs is 1. The fraction of sp³-hybridized carbons (Fsp3) is 0.154. The van der Waals surface area contributed by atoms with E-state index in [0.717, 1.165) is 11.1 Å². The van der Waals surface area contributed by atoms with Crippen LogP contribution in [0.25, 0.3) is 28.3 Å². The fourth-order valence-corrected chi connectivity index (χ4v) is 3.64. The summed E-state index contributed by atoms with van der Waals surface area (Å²) in [6.07, 6.45) is 1.36. The van der Waals surface area contributed by atoms with Crippen LogP contribution in [0.5, 0.6) is 11.6 Å². The molecule has 0 unspecified atom stereocenters. The van der Waals surface area contributed by atoms with Crippen LogP contribution in [0.2, 0.25) is 0 Å². The SMILES string of the molecule is COc1ccc(-c2cc(=O)n(CC(=O)NCCOc3ccc4nnc(-c5ccccc5)n4n3)cn2)cc1. The molecule has 5 aromatic rings. The van der Waals surface area contributed by atoms with Gasteiger partial charge in [-0.05, 0) is 30.3 Å². The second kappa shape index (κ2) is 10.7. The smallest absolute Gasteiger partial charge is 0.254 e. The van der Waals surface area contributed by atoms with Gasteiger partial charge in [0.1, 0.15) is 18.9 Å². The second-order valence-electron chi connectivity index (χ2n) is 8.00. The van der Waals surface area contributed by atoms with Crippen LogP contribution in [-0.4, -0.2) is 55.5 Å². The first-order chi connectivity index (χ1) is 18.1. The Hall–Kier alpha value is -5.06. The molecule has 0 aliphatic rings. The molecular weight excluding hydrogens is 474 g/mol. The first kappa shape index (κ1) is 23.7. The summed E-state index contributed by atoms with van der Waals surface area (Å²) in [5.74, 6) is 1.35. The lowest BCUT2D eigenvalue weighted by Crippen LogP contribution is -2.34. The van der Waals surface area contributed by atoms with Crippen LogP contribution in [0, 0.1) is 0 Å². The van der Waals surface area contributed by atoms with Crippen molar-refractivity contribution in [3.8, 4) is 34.3 Å². The molecule has 5 rings (SSSR count). The van der Waals surface area contributed by atoms with E-state index in [1.165, 1.54) is 17.0 Å². The van der Waals surface area contributed by atoms with Gasteiger partial charge in [-0.1, -0.05) is 30.3 Å². The number of hydrogen-bond donors (Lipinski definition) is 1. The van der Waals surface area contributed by atoms with Crippen molar-refractivity contribution in [3.05, 3.63) is 89.5 Å². The number of nitrogens with zero attached hydrogens (tertiary/aromatic N) is 6. The van der Waals surface area contributed by atoms with Gasteiger partial charge in [0.2, 0.25) is 11.8 Å². The maximum absolute atomic E-state index is 12.5. The summed E-state index contributed by atoms with van der Waals surface area (Å²) in [6, 6.07) is 21.7. The molecule has 0 aliphatic carbocycles. The van der Waals surface area contributed by atoms with E-state index in [9.17, 15) is 9.59 Å². The number of benzene rings is 2. The monoisotopic (exact) mass is 497 g/mol. The quantitative estimate of drug-likeness (QED) is 0.307. The summed E-state index contributed by atoms with van der Waals surface area (Å²) < 4.78 is 13.7. The van der Waals surface area contributed by atoms with E-state index in [-0.39, 0.29) is 31.2 Å². The van der Waals surface area contributed by atoms with E-state index in [4.69, 9.17) is 9.47 Å². The first-order valence-corrected chi connectivity index (χ1v) is 11.5. The van der Waals surface area contributed by atoms with E-state index >= 15 is 0 Å². The Balaban J connectivity index is 1.14. The van der Waals surface area contributed by atoms with Gasteiger partial charge < -0.3 is 14.8 Å². The average molecular weight is 498 g/mol. The third-order valence-corrected chi connectivity index (χ3v) is 5.52. The van der Waals surface area contributed by atoms with Crippen molar-refractivity contribution in [3.63, 3.8) is 0 Å². The highest BCUT2D eigenvalue weighted by molar-refractivity contribution is 5.75. The number of aromatic nitrogens is 6. The van der Waals surface area contributed by atoms with Crippen LogP contribution in [-0.2, 0) is 11.3 Å². The van der Waals surface area contributed by atoms with Gasteiger partial charge in [-0.3, -0.25) is 14.2 Å². The minimum atomic E-state index is -0.335. The predicted octanol–water partition coefficient (Wildman–Crippen LogP) is 2.22. The average Bonchev–Trinajstić information content (AvgIpc) is 3.36. The lowest BCUT2D eigenvalue weighted by atomic mass is 10.1. The van der Waals surface area contributed by atoms with Crippen LogP contribution in [0.3, 0.4) is 0 Å². The van der Waals surface area contributed by atoms with Crippen molar-refractivity contribution in [2.75, 3.05) is 20.3 Å². The lowest BCUT2D eigenvalue weighted by molar-refractivity contribution is -0.121. The Labute approximate surface area is 211 Å². The third-order valence-electron chi connectivity index (χ3n) is 5.52. The summed E-state index contributed by atoms with van der Waals surface area (Å²) in [7, 11) is 1.59. The van der Waals surface area contributed by atoms with Gasteiger partial charge in [-0.25, -0.2) is 4.98 Å². The van der Waals surface area contributed by atoms with Crippen LogP contribution < -0.4 is 20.3 Å². The van der Waals surface area contributed by atoms with Crippen molar-refractivity contribution in [2.24, 2.45) is 0 Å². The highest BCUT2D eigenvalue weighted by Gasteiger charge is 2.11. The topological polar surface area (TPSA) is 126 Å². The van der Waals surface area contributed by atoms with Gasteiger partial charge in [0.05, 0.1) is 25.7 Å². The molecule has 11 heteroatoms. The van der Waals surface area contributed by atoms with Gasteiger partial charge in [-0.2, -0.15) is 4.52 Å². The summed E-state index contributed by atoms with van der Waals surface area (Å²) in [5, 5.41) is 15.5. The maximum atomic E-state index is 12.5. The molecule has 0 aliphatic heterocycles. The van der Waals surface area contributed by atoms with Gasteiger partial charge in [0.15, 0.2) is 11.5 Å². The number of nitrogens with one attached hydrogen (secondary N) is 1. The molecule has 0 bridgehead atoms. The zero-order chi connectivity index (χ0) is 25.6. The van der Waals surface area contributed by atoms with Gasteiger partial charge >= 0.3 is 0 Å². The van der Waals surface area contributed by atoms with Crippen molar-refractivity contribution >= 4 is 11.6 Å². The number of amides is 1. The lowest BCUT2D eigenvalue weighted by Gasteiger charge is -2.09. The highest BCUT2D eigenvalue weighted by atomic mass is 16.5. The number of hydrogen-bond acceptors (Lipinski definition) is 8. The molecule has 11 nitrogen and oxygen atoms in total. The van der Waals surface area contributed by atoms with Crippen molar-refractivity contribution < 1.29 is 14.3 Å². The van der Waals surface area contributed by atoms with Crippen molar-refractivity contribution in [2.45, 2.75) is 6.54 Å². The second-order valence-corrected chi connectivity index (χ2v) is 8.00. The molecule has 2 aromatic carbocycles. The predicted molar refractivity (Wildman–Crippen MR) is 135 cm³/mol. The minimum absolute atomic E-state index is 0.153. The fourth-order valence-electron chi connectivity index (χ4n) is 3.64. The summed E-state index contributed by atoms with van der Waals surface area (Å²) >= 11 is 0. The van der Waals surface area contributed by atoms with Gasteiger partial charge in [0, 0.05) is 23.3 Å². The Bertz CT molecular complexity index is 1580. The number of methoxy groups -OCH3 is 1. The minimum Gasteiger partial charge on any atom is -0.497 e. The molecule has 0 saturated heterocycles. The van der Waals surface area contributed by atoms with Gasteiger partial charge in [0.25, 0.3) is 5.56 Å². The van der Waals surface area contributed by atoms with E-state index in [2.05, 4.69) is 25.6 Å². The van der Waals surface area contributed by atoms with Crippen molar-refractivity contribution in [1.82, 2.24) is 34.7 Å². The number of carbonyl (C=O) groups is 1. The molecule has 0 atom stereocenters. The van der Waals surface area contributed by atoms with E-state index in [0.29, 0.717) is 28.8 Å². The molecule has 1 amide bonds. The zero-order valence-corrected chi connectivity index (χ0v) is 19.9. The Morgan fingerprint density at radius 3 is 2.54 bits per heavy atom. The largest absolute Gasteiger partial charge is 0.497 e. The van der Waals surface area contributed by atoms with Crippen LogP contribution >= 0.6 is 0 Å². The Morgan fingerprint density at radius 1 is 0.973 bits per heavy atom. The van der Waals surface area contributed by atoms with Crippen molar-refractivity contribution in [1.29, 1.82) is 0 Å². The zero-order valence-electron chi connectivity index (χ0n) is 19.9. The van der Waals surface area contributed by atoms with Gasteiger partial charge in [-0.15, -0.1) is 15.3 Å². The highest BCUT2D eigenvalue weighted by Crippen LogP contribution is 2.20. The number of rotatable bonds is 9. The molecule has 186 valence electrons. The molecule has 37 heavy (non-hydrogen) atoms. The molecule has 0 radical (unpaired) electrons. The molecule has 3 heterocycles. The third kappa shape index (κ3) is 5.45. The molecule has 3 aromatic heterocycles. The van der Waals surface area contributed by atoms with E-state index in [1.54, 1.807) is 35.9 Å². The molecule has 0 spiro atoms. The number of ether oxygens (including phenoxy) is 2. The Kier molecular flexibility index (Phi) is 6.84. The first-order valence-electron chi connectivity index (χ1n) is 11.5. The van der Waals surface area contributed by atoms with Crippen LogP contribution in [0.15, 0.2) is 83.9 Å². The maximum Gasteiger partial charge on any atom is 0.254 e. The summed E-state index contributed by atoms with van der Waals surface area (Å²) in [4.78, 5) is 29.1. The van der Waals surface area contributed by atoms with E-state index in [1.807, 2.05) is 42.5 Å². The van der Waals surface area contributed by atoms with Crippen LogP contribution in [0.1, 0.15) is 0 Å².